The Balaban J connectivity index is 1.82. The molecular weight excluding hydrogens is 310 g/mol. The maximum atomic E-state index is 6.14. The Kier molecular flexibility index (Phi) is 2.88. The maximum Gasteiger partial charge on any atom is 0.0361 e. The summed E-state index contributed by atoms with van der Waals surface area (Å²) in [5.74, 6) is 0. The first-order valence-corrected chi connectivity index (χ1v) is 8.81. The minimum atomic E-state index is 0.806. The average molecular weight is 325 g/mol. The molecule has 0 aliphatic carbocycles. The van der Waals surface area contributed by atoms with Crippen molar-refractivity contribution in [3.8, 4) is 11.1 Å². The van der Waals surface area contributed by atoms with E-state index in [-0.39, 0.29) is 0 Å². The SMILES string of the molecule is Nc1cc(-c2ccc3c(c2)sc2ccccc23)c2ccccc2c1. The Morgan fingerprint density at radius 1 is 0.625 bits per heavy atom. The van der Waals surface area contributed by atoms with Crippen LogP contribution in [0.3, 0.4) is 0 Å². The van der Waals surface area contributed by atoms with E-state index in [4.69, 9.17) is 5.73 Å². The van der Waals surface area contributed by atoms with Crippen LogP contribution < -0.4 is 5.73 Å². The molecule has 2 heteroatoms. The number of nitrogen functional groups attached to an aromatic ring is 1. The number of rotatable bonds is 1. The highest BCUT2D eigenvalue weighted by Crippen LogP contribution is 2.38. The van der Waals surface area contributed by atoms with Gasteiger partial charge in [-0.15, -0.1) is 11.3 Å². The summed E-state index contributed by atoms with van der Waals surface area (Å²) in [6.07, 6.45) is 0. The quantitative estimate of drug-likeness (QED) is 0.352. The largest absolute Gasteiger partial charge is 0.399 e. The first-order valence-electron chi connectivity index (χ1n) is 7.99. The van der Waals surface area contributed by atoms with Gasteiger partial charge >= 0.3 is 0 Å². The van der Waals surface area contributed by atoms with E-state index in [1.54, 1.807) is 0 Å². The first-order chi connectivity index (χ1) is 11.8. The highest BCUT2D eigenvalue weighted by Gasteiger charge is 2.09. The van der Waals surface area contributed by atoms with Gasteiger partial charge in [0, 0.05) is 25.9 Å². The Bertz CT molecular complexity index is 1220. The number of thiophene rings is 1. The third-order valence-electron chi connectivity index (χ3n) is 4.57. The summed E-state index contributed by atoms with van der Waals surface area (Å²) in [4.78, 5) is 0. The molecule has 0 saturated carbocycles. The number of hydrogen-bond acceptors (Lipinski definition) is 2. The van der Waals surface area contributed by atoms with Gasteiger partial charge in [-0.3, -0.25) is 0 Å². The second-order valence-electron chi connectivity index (χ2n) is 6.10. The number of hydrogen-bond donors (Lipinski definition) is 1. The van der Waals surface area contributed by atoms with Gasteiger partial charge in [0.2, 0.25) is 0 Å². The molecule has 0 radical (unpaired) electrons. The van der Waals surface area contributed by atoms with Crippen molar-refractivity contribution in [2.45, 2.75) is 0 Å². The predicted molar refractivity (Wildman–Crippen MR) is 107 cm³/mol. The van der Waals surface area contributed by atoms with Crippen LogP contribution in [-0.2, 0) is 0 Å². The lowest BCUT2D eigenvalue weighted by molar-refractivity contribution is 1.68. The third-order valence-corrected chi connectivity index (χ3v) is 5.71. The lowest BCUT2D eigenvalue weighted by atomic mass is 9.97. The molecule has 1 nitrogen and oxygen atoms in total. The van der Waals surface area contributed by atoms with Crippen LogP contribution in [0.1, 0.15) is 0 Å². The molecule has 0 atom stereocenters. The second kappa shape index (κ2) is 5.08. The van der Waals surface area contributed by atoms with Gasteiger partial charge in [0.05, 0.1) is 0 Å². The van der Waals surface area contributed by atoms with Crippen LogP contribution in [0.4, 0.5) is 5.69 Å². The van der Waals surface area contributed by atoms with Crippen molar-refractivity contribution < 1.29 is 0 Å². The molecule has 0 aliphatic rings. The van der Waals surface area contributed by atoms with Gasteiger partial charge < -0.3 is 5.73 Å². The summed E-state index contributed by atoms with van der Waals surface area (Å²) in [6.45, 7) is 0. The fourth-order valence-corrected chi connectivity index (χ4v) is 4.61. The first kappa shape index (κ1) is 13.6. The van der Waals surface area contributed by atoms with E-state index >= 15 is 0 Å². The Morgan fingerprint density at radius 3 is 2.29 bits per heavy atom. The van der Waals surface area contributed by atoms with E-state index in [9.17, 15) is 0 Å². The van der Waals surface area contributed by atoms with Gasteiger partial charge in [-0.2, -0.15) is 0 Å². The van der Waals surface area contributed by atoms with Crippen LogP contribution in [0.5, 0.6) is 0 Å². The molecule has 0 fully saturated rings. The van der Waals surface area contributed by atoms with E-state index in [1.165, 1.54) is 42.1 Å². The molecule has 1 aromatic heterocycles. The van der Waals surface area contributed by atoms with Crippen molar-refractivity contribution in [2.24, 2.45) is 0 Å². The topological polar surface area (TPSA) is 26.0 Å². The van der Waals surface area contributed by atoms with Gasteiger partial charge in [-0.25, -0.2) is 0 Å². The van der Waals surface area contributed by atoms with Crippen LogP contribution in [0.15, 0.2) is 78.9 Å². The van der Waals surface area contributed by atoms with Crippen LogP contribution in [-0.4, -0.2) is 0 Å². The molecule has 24 heavy (non-hydrogen) atoms. The summed E-state index contributed by atoms with van der Waals surface area (Å²) in [6, 6.07) is 27.9. The van der Waals surface area contributed by atoms with Gasteiger partial charge in [0.1, 0.15) is 0 Å². The van der Waals surface area contributed by atoms with Gasteiger partial charge in [0.25, 0.3) is 0 Å². The minimum Gasteiger partial charge on any atom is -0.399 e. The smallest absolute Gasteiger partial charge is 0.0361 e. The van der Waals surface area contributed by atoms with E-state index < -0.39 is 0 Å². The highest BCUT2D eigenvalue weighted by atomic mass is 32.1. The fourth-order valence-electron chi connectivity index (χ4n) is 3.47. The molecule has 0 unspecified atom stereocenters. The van der Waals surface area contributed by atoms with Crippen molar-refractivity contribution in [3.63, 3.8) is 0 Å². The lowest BCUT2D eigenvalue weighted by Crippen LogP contribution is -1.88. The summed E-state index contributed by atoms with van der Waals surface area (Å²) >= 11 is 1.85. The molecule has 1 heterocycles. The van der Waals surface area contributed by atoms with Crippen LogP contribution in [0.25, 0.3) is 42.1 Å². The number of fused-ring (bicyclic) bond motifs is 4. The predicted octanol–water partition coefficient (Wildman–Crippen LogP) is 6.46. The Labute approximate surface area is 144 Å². The second-order valence-corrected chi connectivity index (χ2v) is 7.18. The zero-order chi connectivity index (χ0) is 16.1. The molecule has 2 N–H and O–H groups in total. The lowest BCUT2D eigenvalue weighted by Gasteiger charge is -2.09. The average Bonchev–Trinajstić information content (AvgIpc) is 2.98. The van der Waals surface area contributed by atoms with Crippen molar-refractivity contribution >= 4 is 48.0 Å². The van der Waals surface area contributed by atoms with E-state index in [0.29, 0.717) is 0 Å². The van der Waals surface area contributed by atoms with Crippen molar-refractivity contribution in [1.29, 1.82) is 0 Å². The van der Waals surface area contributed by atoms with E-state index in [1.807, 2.05) is 17.4 Å². The van der Waals surface area contributed by atoms with Crippen molar-refractivity contribution in [2.75, 3.05) is 5.73 Å². The highest BCUT2D eigenvalue weighted by molar-refractivity contribution is 7.25. The zero-order valence-corrected chi connectivity index (χ0v) is 13.8. The normalized spacial score (nSPS) is 11.5. The number of anilines is 1. The van der Waals surface area contributed by atoms with E-state index in [2.05, 4.69) is 72.8 Å². The van der Waals surface area contributed by atoms with Gasteiger partial charge in [0.15, 0.2) is 0 Å². The van der Waals surface area contributed by atoms with Crippen molar-refractivity contribution in [3.05, 3.63) is 78.9 Å². The summed E-state index contributed by atoms with van der Waals surface area (Å²) in [5.41, 5.74) is 9.36. The molecule has 0 aliphatic heterocycles. The molecule has 4 aromatic carbocycles. The van der Waals surface area contributed by atoms with Crippen LogP contribution in [0, 0.1) is 0 Å². The number of benzene rings is 4. The summed E-state index contributed by atoms with van der Waals surface area (Å²) < 4.78 is 2.65. The molecule has 5 rings (SSSR count). The molecule has 0 bridgehead atoms. The van der Waals surface area contributed by atoms with Gasteiger partial charge in [-0.05, 0) is 46.2 Å². The summed E-state index contributed by atoms with van der Waals surface area (Å²) in [7, 11) is 0. The Morgan fingerprint density at radius 2 is 1.38 bits per heavy atom. The maximum absolute atomic E-state index is 6.14. The molecular formula is C22H15NS. The Hall–Kier alpha value is -2.84. The molecule has 0 spiro atoms. The van der Waals surface area contributed by atoms with Crippen molar-refractivity contribution in [1.82, 2.24) is 0 Å². The zero-order valence-electron chi connectivity index (χ0n) is 13.0. The van der Waals surface area contributed by atoms with E-state index in [0.717, 1.165) is 5.69 Å². The fraction of sp³-hybridized carbons (Fsp3) is 0. The minimum absolute atomic E-state index is 0.806. The van der Waals surface area contributed by atoms with Crippen LogP contribution >= 0.6 is 11.3 Å². The standard InChI is InChI=1S/C22H15NS/c23-16-11-14-5-1-2-6-17(14)20(13-16)15-9-10-19-18-7-3-4-8-21(18)24-22(19)12-15/h1-13H,23H2. The van der Waals surface area contributed by atoms with Gasteiger partial charge in [-0.1, -0.05) is 54.6 Å². The number of nitrogens with two attached hydrogens (primary N) is 1. The summed E-state index contributed by atoms with van der Waals surface area (Å²) in [5, 5.41) is 5.09. The van der Waals surface area contributed by atoms with Crippen LogP contribution in [0.2, 0.25) is 0 Å². The third kappa shape index (κ3) is 2.00. The molecule has 114 valence electrons. The monoisotopic (exact) mass is 325 g/mol. The molecule has 0 saturated heterocycles. The molecule has 5 aromatic rings. The molecule has 0 amide bonds.